The fourth-order valence-corrected chi connectivity index (χ4v) is 6.53. The summed E-state index contributed by atoms with van der Waals surface area (Å²) in [4.78, 5) is 27.1. The lowest BCUT2D eigenvalue weighted by Gasteiger charge is -2.26. The minimum absolute atomic E-state index is 0.00388. The van der Waals surface area contributed by atoms with Crippen LogP contribution in [0.3, 0.4) is 0 Å². The topological polar surface area (TPSA) is 125 Å². The number of halogens is 1. The number of amides is 1. The van der Waals surface area contributed by atoms with E-state index < -0.39 is 27.6 Å². The standard InChI is InChI=1S/C30H34ClN5O6S/c1-20(21-4-6-24(7-5-21)43(39,40)19-29(37)41-3)33-30(38)28-15-22-14-26(31)25(16-27(22)34(28)2)23-17-32-36(18-23)9-8-35-10-12-42-13-11-35/h4-7,14-18,20H,8-13,19H2,1-3H3,(H,33,38)/t20-/m1/s1. The molecular weight excluding hydrogens is 594 g/mol. The summed E-state index contributed by atoms with van der Waals surface area (Å²) in [5.74, 6) is -1.86. The molecule has 11 nitrogen and oxygen atoms in total. The first-order valence-corrected chi connectivity index (χ1v) is 15.9. The fourth-order valence-electron chi connectivity index (χ4n) is 5.11. The first-order chi connectivity index (χ1) is 20.6. The van der Waals surface area contributed by atoms with E-state index in [2.05, 4.69) is 20.1 Å². The molecule has 0 spiro atoms. The molecule has 43 heavy (non-hydrogen) atoms. The number of nitrogens with zero attached hydrogens (tertiary/aromatic N) is 4. The molecule has 0 saturated carbocycles. The maximum atomic E-state index is 13.3. The minimum Gasteiger partial charge on any atom is -0.468 e. The molecule has 0 bridgehead atoms. The highest BCUT2D eigenvalue weighted by molar-refractivity contribution is 7.92. The van der Waals surface area contributed by atoms with Gasteiger partial charge in [0.15, 0.2) is 15.6 Å². The molecule has 4 aromatic rings. The molecule has 1 aliphatic rings. The summed E-state index contributed by atoms with van der Waals surface area (Å²) < 4.78 is 38.4. The van der Waals surface area contributed by atoms with Crippen LogP contribution in [0.2, 0.25) is 5.02 Å². The molecule has 13 heteroatoms. The average molecular weight is 628 g/mol. The Kier molecular flexibility index (Phi) is 9.21. The monoisotopic (exact) mass is 627 g/mol. The normalized spacial score (nSPS) is 15.0. The number of methoxy groups -OCH3 is 1. The molecule has 1 fully saturated rings. The van der Waals surface area contributed by atoms with E-state index >= 15 is 0 Å². The van der Waals surface area contributed by atoms with Crippen molar-refractivity contribution in [2.24, 2.45) is 7.05 Å². The van der Waals surface area contributed by atoms with Crippen LogP contribution in [0.5, 0.6) is 0 Å². The van der Waals surface area contributed by atoms with Gasteiger partial charge in [-0.2, -0.15) is 5.10 Å². The van der Waals surface area contributed by atoms with Gasteiger partial charge in [-0.15, -0.1) is 0 Å². The molecule has 2 aromatic heterocycles. The SMILES string of the molecule is COC(=O)CS(=O)(=O)c1ccc([C@@H](C)NC(=O)c2cc3cc(Cl)c(-c4cnn(CCN5CCOCC5)c4)cc3n2C)cc1. The van der Waals surface area contributed by atoms with E-state index in [1.165, 1.54) is 12.1 Å². The van der Waals surface area contributed by atoms with E-state index in [0.717, 1.165) is 68.5 Å². The van der Waals surface area contributed by atoms with E-state index in [0.29, 0.717) is 16.3 Å². The highest BCUT2D eigenvalue weighted by Crippen LogP contribution is 2.33. The van der Waals surface area contributed by atoms with Gasteiger partial charge in [-0.05, 0) is 42.8 Å². The third kappa shape index (κ3) is 6.93. The molecule has 2 aromatic carbocycles. The van der Waals surface area contributed by atoms with E-state index in [9.17, 15) is 18.0 Å². The van der Waals surface area contributed by atoms with Gasteiger partial charge in [0.25, 0.3) is 5.91 Å². The quantitative estimate of drug-likeness (QED) is 0.265. The number of aromatic nitrogens is 3. The molecule has 228 valence electrons. The first kappa shape index (κ1) is 30.7. The van der Waals surface area contributed by atoms with Crippen LogP contribution in [0.4, 0.5) is 0 Å². The lowest BCUT2D eigenvalue weighted by Crippen LogP contribution is -2.38. The van der Waals surface area contributed by atoms with Crippen molar-refractivity contribution < 1.29 is 27.5 Å². The van der Waals surface area contributed by atoms with Crippen LogP contribution in [-0.4, -0.2) is 85.3 Å². The average Bonchev–Trinajstić information content (AvgIpc) is 3.60. The summed E-state index contributed by atoms with van der Waals surface area (Å²) in [7, 11) is -0.858. The van der Waals surface area contributed by atoms with Gasteiger partial charge in [0, 0.05) is 59.9 Å². The maximum Gasteiger partial charge on any atom is 0.321 e. The van der Waals surface area contributed by atoms with Gasteiger partial charge in [0.05, 0.1) is 44.0 Å². The van der Waals surface area contributed by atoms with Gasteiger partial charge in [0.1, 0.15) is 5.69 Å². The Labute approximate surface area is 255 Å². The van der Waals surface area contributed by atoms with E-state index in [4.69, 9.17) is 16.3 Å². The highest BCUT2D eigenvalue weighted by Gasteiger charge is 2.22. The Balaban J connectivity index is 1.29. The molecule has 0 aliphatic carbocycles. The molecular formula is C30H34ClN5O6S. The summed E-state index contributed by atoms with van der Waals surface area (Å²) in [5.41, 5.74) is 3.73. The number of fused-ring (bicyclic) bond motifs is 1. The third-order valence-electron chi connectivity index (χ3n) is 7.68. The second kappa shape index (κ2) is 12.9. The van der Waals surface area contributed by atoms with Crippen LogP contribution in [0, 0.1) is 0 Å². The van der Waals surface area contributed by atoms with Crippen LogP contribution in [0.1, 0.15) is 29.0 Å². The number of sulfone groups is 1. The first-order valence-electron chi connectivity index (χ1n) is 13.9. The van der Waals surface area contributed by atoms with Gasteiger partial charge < -0.3 is 19.4 Å². The van der Waals surface area contributed by atoms with E-state index in [-0.39, 0.29) is 10.8 Å². The predicted molar refractivity (Wildman–Crippen MR) is 163 cm³/mol. The van der Waals surface area contributed by atoms with Gasteiger partial charge in [-0.1, -0.05) is 23.7 Å². The van der Waals surface area contributed by atoms with Crippen molar-refractivity contribution in [3.63, 3.8) is 0 Å². The summed E-state index contributed by atoms with van der Waals surface area (Å²) in [5, 5.41) is 8.89. The summed E-state index contributed by atoms with van der Waals surface area (Å²) in [6.07, 6.45) is 3.79. The van der Waals surface area contributed by atoms with Crippen molar-refractivity contribution in [2.75, 3.05) is 45.7 Å². The van der Waals surface area contributed by atoms with Gasteiger partial charge >= 0.3 is 5.97 Å². The molecule has 1 atom stereocenters. The molecule has 0 radical (unpaired) electrons. The number of hydrogen-bond acceptors (Lipinski definition) is 8. The van der Waals surface area contributed by atoms with Gasteiger partial charge in [-0.3, -0.25) is 19.2 Å². The van der Waals surface area contributed by atoms with Crippen LogP contribution < -0.4 is 5.32 Å². The second-order valence-electron chi connectivity index (χ2n) is 10.5. The second-order valence-corrected chi connectivity index (χ2v) is 12.9. The Morgan fingerprint density at radius 2 is 1.84 bits per heavy atom. The maximum absolute atomic E-state index is 13.3. The third-order valence-corrected chi connectivity index (χ3v) is 9.60. The number of ether oxygens (including phenoxy) is 2. The molecule has 1 N–H and O–H groups in total. The Morgan fingerprint density at radius 1 is 1.12 bits per heavy atom. The number of nitrogens with one attached hydrogen (secondary N) is 1. The fraction of sp³-hybridized carbons (Fsp3) is 0.367. The summed E-state index contributed by atoms with van der Waals surface area (Å²) in [6, 6.07) is 11.3. The lowest BCUT2D eigenvalue weighted by atomic mass is 10.1. The lowest BCUT2D eigenvalue weighted by molar-refractivity contribution is -0.137. The smallest absolute Gasteiger partial charge is 0.321 e. The van der Waals surface area contributed by atoms with Crippen molar-refractivity contribution in [3.05, 3.63) is 71.1 Å². The highest BCUT2D eigenvalue weighted by atomic mass is 35.5. The van der Waals surface area contributed by atoms with Gasteiger partial charge in [0.2, 0.25) is 0 Å². The zero-order valence-corrected chi connectivity index (χ0v) is 25.8. The summed E-state index contributed by atoms with van der Waals surface area (Å²) in [6.45, 7) is 6.83. The summed E-state index contributed by atoms with van der Waals surface area (Å²) >= 11 is 6.69. The molecule has 1 amide bonds. The van der Waals surface area contributed by atoms with Gasteiger partial charge in [-0.25, -0.2) is 8.42 Å². The molecule has 1 saturated heterocycles. The molecule has 3 heterocycles. The van der Waals surface area contributed by atoms with E-state index in [1.807, 2.05) is 41.5 Å². The number of hydrogen-bond donors (Lipinski definition) is 1. The molecule has 5 rings (SSSR count). The van der Waals surface area contributed by atoms with Crippen molar-refractivity contribution >= 4 is 44.2 Å². The van der Waals surface area contributed by atoms with Crippen LogP contribution in [0.25, 0.3) is 22.0 Å². The van der Waals surface area contributed by atoms with Crippen molar-refractivity contribution in [1.29, 1.82) is 0 Å². The number of rotatable bonds is 10. The zero-order valence-electron chi connectivity index (χ0n) is 24.2. The van der Waals surface area contributed by atoms with Crippen molar-refractivity contribution in [3.8, 4) is 11.1 Å². The van der Waals surface area contributed by atoms with Crippen molar-refractivity contribution in [1.82, 2.24) is 24.6 Å². The molecule has 0 unspecified atom stereocenters. The molecule has 1 aliphatic heterocycles. The number of morpholine rings is 1. The minimum atomic E-state index is -3.82. The van der Waals surface area contributed by atoms with Crippen molar-refractivity contribution in [2.45, 2.75) is 24.4 Å². The van der Waals surface area contributed by atoms with E-state index in [1.54, 1.807) is 24.4 Å². The number of carbonyl (C=O) groups excluding carboxylic acids is 2. The number of carbonyl (C=O) groups is 2. The Hall–Kier alpha value is -3.71. The number of aryl methyl sites for hydroxylation is 1. The largest absolute Gasteiger partial charge is 0.468 e. The Morgan fingerprint density at radius 3 is 2.53 bits per heavy atom. The van der Waals surface area contributed by atoms with Crippen LogP contribution >= 0.6 is 11.6 Å². The predicted octanol–water partition coefficient (Wildman–Crippen LogP) is 3.47. The Bertz CT molecular complexity index is 1740. The van der Waals surface area contributed by atoms with Crippen LogP contribution in [0.15, 0.2) is 59.8 Å². The van der Waals surface area contributed by atoms with Crippen LogP contribution in [-0.2, 0) is 37.7 Å². The number of benzene rings is 2. The number of esters is 1. The zero-order chi connectivity index (χ0) is 30.7.